The van der Waals surface area contributed by atoms with Gasteiger partial charge in [-0.25, -0.2) is 0 Å². The van der Waals surface area contributed by atoms with Crippen molar-refractivity contribution < 1.29 is 0 Å². The third-order valence-corrected chi connectivity index (χ3v) is 4.04. The molecule has 0 amide bonds. The Labute approximate surface area is 125 Å². The van der Waals surface area contributed by atoms with Crippen LogP contribution < -0.4 is 5.46 Å². The first-order valence-corrected chi connectivity index (χ1v) is 7.10. The lowest BCUT2D eigenvalue weighted by Crippen LogP contribution is -2.03. The summed E-state index contributed by atoms with van der Waals surface area (Å²) in [6.45, 7) is 0. The Balaban J connectivity index is 2.13. The maximum atomic E-state index is 6.12. The van der Waals surface area contributed by atoms with E-state index in [9.17, 15) is 0 Å². The van der Waals surface area contributed by atoms with Gasteiger partial charge in [0.2, 0.25) is 0 Å². The molecule has 4 aromatic carbocycles. The van der Waals surface area contributed by atoms with E-state index in [0.29, 0.717) is 0 Å². The van der Waals surface area contributed by atoms with Crippen LogP contribution in [0, 0.1) is 0 Å². The molecule has 0 aromatic heterocycles. The molecule has 0 unspecified atom stereocenters. The summed E-state index contributed by atoms with van der Waals surface area (Å²) in [7, 11) is 6.12. The van der Waals surface area contributed by atoms with Crippen molar-refractivity contribution in [2.45, 2.75) is 0 Å². The molecule has 0 saturated heterocycles. The molecule has 21 heavy (non-hydrogen) atoms. The summed E-state index contributed by atoms with van der Waals surface area (Å²) in [4.78, 5) is 0. The van der Waals surface area contributed by atoms with Crippen molar-refractivity contribution in [3.8, 4) is 11.1 Å². The second-order valence-corrected chi connectivity index (χ2v) is 5.27. The van der Waals surface area contributed by atoms with Crippen molar-refractivity contribution in [3.05, 3.63) is 78.9 Å². The summed E-state index contributed by atoms with van der Waals surface area (Å²) in [5.41, 5.74) is 3.32. The monoisotopic (exact) mass is 264 g/mol. The lowest BCUT2D eigenvalue weighted by molar-refractivity contribution is 1.70. The van der Waals surface area contributed by atoms with Crippen LogP contribution in [0.1, 0.15) is 0 Å². The highest BCUT2D eigenvalue weighted by Crippen LogP contribution is 2.32. The molecule has 4 rings (SSSR count). The van der Waals surface area contributed by atoms with Crippen LogP contribution in [0.3, 0.4) is 0 Å². The van der Waals surface area contributed by atoms with E-state index in [0.717, 1.165) is 10.8 Å². The predicted octanol–water partition coefficient (Wildman–Crippen LogP) is 4.45. The predicted molar refractivity (Wildman–Crippen MR) is 92.3 cm³/mol. The van der Waals surface area contributed by atoms with E-state index in [1.54, 1.807) is 0 Å². The van der Waals surface area contributed by atoms with Crippen LogP contribution in [0.5, 0.6) is 0 Å². The van der Waals surface area contributed by atoms with Crippen LogP contribution in [-0.2, 0) is 0 Å². The Kier molecular flexibility index (Phi) is 2.78. The van der Waals surface area contributed by atoms with Gasteiger partial charge >= 0.3 is 0 Å². The Bertz CT molecular complexity index is 949. The van der Waals surface area contributed by atoms with Crippen LogP contribution in [0.4, 0.5) is 0 Å². The van der Waals surface area contributed by atoms with Gasteiger partial charge in [-0.2, -0.15) is 0 Å². The molecule has 0 atom stereocenters. The third kappa shape index (κ3) is 1.93. The first kappa shape index (κ1) is 12.2. The van der Waals surface area contributed by atoms with Crippen molar-refractivity contribution in [2.24, 2.45) is 0 Å². The zero-order valence-corrected chi connectivity index (χ0v) is 11.6. The van der Waals surface area contributed by atoms with E-state index in [4.69, 9.17) is 7.85 Å². The lowest BCUT2D eigenvalue weighted by Gasteiger charge is -2.12. The SMILES string of the molecule is [B]c1ccc(-c2cccc3ccccc23)c2ccccc12. The van der Waals surface area contributed by atoms with Crippen molar-refractivity contribution in [3.63, 3.8) is 0 Å². The summed E-state index contributed by atoms with van der Waals surface area (Å²) in [6.07, 6.45) is 0. The van der Waals surface area contributed by atoms with Gasteiger partial charge in [-0.05, 0) is 32.7 Å². The summed E-state index contributed by atoms with van der Waals surface area (Å²) < 4.78 is 0. The minimum atomic E-state index is 0.828. The highest BCUT2D eigenvalue weighted by molar-refractivity contribution is 6.39. The minimum absolute atomic E-state index is 0.828. The highest BCUT2D eigenvalue weighted by Gasteiger charge is 2.08. The van der Waals surface area contributed by atoms with Gasteiger partial charge in [0.1, 0.15) is 7.85 Å². The van der Waals surface area contributed by atoms with E-state index in [1.807, 2.05) is 12.1 Å². The fraction of sp³-hybridized carbons (Fsp3) is 0. The molecule has 96 valence electrons. The topological polar surface area (TPSA) is 0 Å². The molecular formula is C20H13B. The summed E-state index contributed by atoms with van der Waals surface area (Å²) in [5.74, 6) is 0. The molecule has 0 aliphatic heterocycles. The number of hydrogen-bond acceptors (Lipinski definition) is 0. The Morgan fingerprint density at radius 1 is 0.476 bits per heavy atom. The molecule has 0 saturated carbocycles. The average Bonchev–Trinajstić information content (AvgIpc) is 2.55. The molecule has 0 spiro atoms. The van der Waals surface area contributed by atoms with Crippen LogP contribution in [0.15, 0.2) is 78.9 Å². The van der Waals surface area contributed by atoms with Crippen molar-refractivity contribution in [1.82, 2.24) is 0 Å². The molecule has 0 fully saturated rings. The van der Waals surface area contributed by atoms with Gasteiger partial charge < -0.3 is 0 Å². The van der Waals surface area contributed by atoms with Crippen LogP contribution >= 0.6 is 0 Å². The van der Waals surface area contributed by atoms with Crippen molar-refractivity contribution >= 4 is 34.9 Å². The van der Waals surface area contributed by atoms with E-state index >= 15 is 0 Å². The first-order valence-electron chi connectivity index (χ1n) is 7.10. The van der Waals surface area contributed by atoms with E-state index in [1.165, 1.54) is 27.3 Å². The number of fused-ring (bicyclic) bond motifs is 2. The summed E-state index contributed by atoms with van der Waals surface area (Å²) >= 11 is 0. The maximum absolute atomic E-state index is 6.12. The smallest absolute Gasteiger partial charge is 0.0889 e. The van der Waals surface area contributed by atoms with E-state index in [2.05, 4.69) is 66.7 Å². The molecule has 4 aromatic rings. The fourth-order valence-corrected chi connectivity index (χ4v) is 3.02. The first-order chi connectivity index (χ1) is 10.3. The second kappa shape index (κ2) is 4.78. The normalized spacial score (nSPS) is 11.0. The third-order valence-electron chi connectivity index (χ3n) is 4.04. The van der Waals surface area contributed by atoms with Gasteiger partial charge in [-0.1, -0.05) is 84.3 Å². The minimum Gasteiger partial charge on any atom is -0.0889 e. The van der Waals surface area contributed by atoms with Gasteiger partial charge in [0.05, 0.1) is 0 Å². The van der Waals surface area contributed by atoms with Gasteiger partial charge in [0, 0.05) is 0 Å². The Morgan fingerprint density at radius 3 is 1.95 bits per heavy atom. The van der Waals surface area contributed by atoms with Crippen LogP contribution in [0.25, 0.3) is 32.7 Å². The molecule has 0 bridgehead atoms. The number of rotatable bonds is 1. The molecule has 0 N–H and O–H groups in total. The van der Waals surface area contributed by atoms with Crippen LogP contribution in [0.2, 0.25) is 0 Å². The molecule has 0 aliphatic rings. The molecule has 0 aliphatic carbocycles. The highest BCUT2D eigenvalue weighted by atomic mass is 14.1. The average molecular weight is 264 g/mol. The molecule has 1 heteroatoms. The molecule has 0 nitrogen and oxygen atoms in total. The largest absolute Gasteiger partial charge is 0.114 e. The summed E-state index contributed by atoms with van der Waals surface area (Å²) in [5, 5.41) is 4.85. The van der Waals surface area contributed by atoms with E-state index in [-0.39, 0.29) is 0 Å². The zero-order chi connectivity index (χ0) is 14.2. The number of benzene rings is 4. The van der Waals surface area contributed by atoms with Crippen LogP contribution in [-0.4, -0.2) is 7.85 Å². The molecule has 2 radical (unpaired) electrons. The van der Waals surface area contributed by atoms with Crippen molar-refractivity contribution in [1.29, 1.82) is 0 Å². The lowest BCUT2D eigenvalue weighted by atomic mass is 9.86. The van der Waals surface area contributed by atoms with Gasteiger partial charge in [-0.15, -0.1) is 0 Å². The number of hydrogen-bond donors (Lipinski definition) is 0. The molecular weight excluding hydrogens is 251 g/mol. The van der Waals surface area contributed by atoms with Gasteiger partial charge in [-0.3, -0.25) is 0 Å². The Morgan fingerprint density at radius 2 is 1.10 bits per heavy atom. The second-order valence-electron chi connectivity index (χ2n) is 5.27. The fourth-order valence-electron chi connectivity index (χ4n) is 3.02. The zero-order valence-electron chi connectivity index (χ0n) is 11.6. The maximum Gasteiger partial charge on any atom is 0.114 e. The Hall–Kier alpha value is -2.54. The quantitative estimate of drug-likeness (QED) is 0.445. The standard InChI is InChI=1S/C20H13B/c21-20-13-12-18(17-9-3-4-10-19(17)20)16-11-5-7-14-6-1-2-8-15(14)16/h1-13H. The molecule has 0 heterocycles. The van der Waals surface area contributed by atoms with Gasteiger partial charge in [0.15, 0.2) is 0 Å². The van der Waals surface area contributed by atoms with Gasteiger partial charge in [0.25, 0.3) is 0 Å². The van der Waals surface area contributed by atoms with E-state index < -0.39 is 0 Å². The van der Waals surface area contributed by atoms with Crippen molar-refractivity contribution in [2.75, 3.05) is 0 Å². The summed E-state index contributed by atoms with van der Waals surface area (Å²) in [6, 6.07) is 27.4.